The largest absolute Gasteiger partial charge is 0.477 e. The minimum Gasteiger partial charge on any atom is -0.477 e. The number of carboxylic acid groups (broad SMARTS) is 1. The van der Waals surface area contributed by atoms with Crippen molar-refractivity contribution in [3.05, 3.63) is 63.8 Å². The number of nitrogens with zero attached hydrogens (tertiary/aromatic N) is 1. The van der Waals surface area contributed by atoms with Crippen LogP contribution in [0.25, 0.3) is 5.69 Å². The Bertz CT molecular complexity index is 730. The molecule has 1 aliphatic carbocycles. The van der Waals surface area contributed by atoms with E-state index >= 15 is 0 Å². The number of rotatable bonds is 3. The van der Waals surface area contributed by atoms with Gasteiger partial charge in [-0.3, -0.25) is 9.36 Å². The second kappa shape index (κ2) is 4.59. The maximum absolute atomic E-state index is 13.0. The molecule has 1 fully saturated rings. The molecule has 1 N–H and O–H groups in total. The lowest BCUT2D eigenvalue weighted by molar-refractivity contribution is 0.0694. The molecular weight excluding hydrogens is 261 g/mol. The zero-order valence-corrected chi connectivity index (χ0v) is 10.5. The van der Waals surface area contributed by atoms with Gasteiger partial charge in [0.15, 0.2) is 0 Å². The van der Waals surface area contributed by atoms with Gasteiger partial charge < -0.3 is 5.11 Å². The minimum absolute atomic E-state index is 0.274. The van der Waals surface area contributed by atoms with Crippen LogP contribution in [0.3, 0.4) is 0 Å². The number of hydrogen-bond acceptors (Lipinski definition) is 2. The van der Waals surface area contributed by atoms with Crippen molar-refractivity contribution >= 4 is 5.97 Å². The van der Waals surface area contributed by atoms with Crippen molar-refractivity contribution in [1.82, 2.24) is 4.57 Å². The second-order valence-corrected chi connectivity index (χ2v) is 4.87. The van der Waals surface area contributed by atoms with Crippen molar-refractivity contribution in [2.45, 2.75) is 18.8 Å². The first-order chi connectivity index (χ1) is 9.58. The van der Waals surface area contributed by atoms with Gasteiger partial charge in [-0.05, 0) is 55.2 Å². The smallest absolute Gasteiger partial charge is 0.341 e. The normalized spacial score (nSPS) is 14.2. The molecule has 1 aromatic carbocycles. The fourth-order valence-corrected chi connectivity index (χ4v) is 2.27. The lowest BCUT2D eigenvalue weighted by Gasteiger charge is -2.13. The topological polar surface area (TPSA) is 59.3 Å². The van der Waals surface area contributed by atoms with Crippen LogP contribution in [0.2, 0.25) is 0 Å². The maximum atomic E-state index is 13.0. The summed E-state index contributed by atoms with van der Waals surface area (Å²) >= 11 is 0. The second-order valence-electron chi connectivity index (χ2n) is 4.87. The van der Waals surface area contributed by atoms with Crippen LogP contribution in [0.5, 0.6) is 0 Å². The van der Waals surface area contributed by atoms with E-state index in [1.54, 1.807) is 6.07 Å². The summed E-state index contributed by atoms with van der Waals surface area (Å²) in [6, 6.07) is 8.49. The van der Waals surface area contributed by atoms with Gasteiger partial charge in [-0.15, -0.1) is 0 Å². The molecule has 2 aromatic rings. The number of carboxylic acids is 1. The van der Waals surface area contributed by atoms with Crippen molar-refractivity contribution in [2.24, 2.45) is 0 Å². The van der Waals surface area contributed by atoms with Crippen LogP contribution in [-0.2, 0) is 0 Å². The van der Waals surface area contributed by atoms with E-state index in [9.17, 15) is 14.0 Å². The van der Waals surface area contributed by atoms with Crippen molar-refractivity contribution in [3.63, 3.8) is 0 Å². The van der Waals surface area contributed by atoms with Gasteiger partial charge in [0.25, 0.3) is 5.56 Å². The Labute approximate surface area is 114 Å². The van der Waals surface area contributed by atoms with Gasteiger partial charge in [0, 0.05) is 11.4 Å². The molecular formula is C15H12FNO3. The van der Waals surface area contributed by atoms with Gasteiger partial charge in [-0.1, -0.05) is 0 Å². The van der Waals surface area contributed by atoms with E-state index in [4.69, 9.17) is 5.11 Å². The van der Waals surface area contributed by atoms with Crippen LogP contribution in [0, 0.1) is 5.82 Å². The van der Waals surface area contributed by atoms with E-state index in [1.807, 2.05) is 0 Å². The summed E-state index contributed by atoms with van der Waals surface area (Å²) in [4.78, 5) is 23.4. The van der Waals surface area contributed by atoms with Gasteiger partial charge >= 0.3 is 5.97 Å². The molecule has 0 amide bonds. The predicted molar refractivity (Wildman–Crippen MR) is 70.9 cm³/mol. The number of benzene rings is 1. The number of hydrogen-bond donors (Lipinski definition) is 1. The van der Waals surface area contributed by atoms with Gasteiger partial charge in [-0.2, -0.15) is 0 Å². The number of aromatic carboxylic acids is 1. The minimum atomic E-state index is -1.26. The molecule has 0 spiro atoms. The third kappa shape index (κ3) is 2.11. The Morgan fingerprint density at radius 2 is 1.80 bits per heavy atom. The predicted octanol–water partition coefficient (Wildman–Crippen LogP) is 2.55. The lowest BCUT2D eigenvalue weighted by Crippen LogP contribution is -2.27. The zero-order valence-electron chi connectivity index (χ0n) is 10.5. The van der Waals surface area contributed by atoms with Crippen molar-refractivity contribution in [3.8, 4) is 5.69 Å². The van der Waals surface area contributed by atoms with Crippen molar-refractivity contribution in [2.75, 3.05) is 0 Å². The van der Waals surface area contributed by atoms with Crippen LogP contribution in [0.15, 0.2) is 41.2 Å². The highest BCUT2D eigenvalue weighted by molar-refractivity contribution is 5.87. The summed E-state index contributed by atoms with van der Waals surface area (Å²) < 4.78 is 14.4. The molecule has 20 heavy (non-hydrogen) atoms. The number of pyridine rings is 1. The van der Waals surface area contributed by atoms with Gasteiger partial charge in [-0.25, -0.2) is 9.18 Å². The Hall–Kier alpha value is -2.43. The number of halogens is 1. The van der Waals surface area contributed by atoms with Crippen LogP contribution < -0.4 is 5.56 Å². The average molecular weight is 273 g/mol. The monoisotopic (exact) mass is 273 g/mol. The van der Waals surface area contributed by atoms with Gasteiger partial charge in [0.2, 0.25) is 0 Å². The van der Waals surface area contributed by atoms with Gasteiger partial charge in [0.1, 0.15) is 11.4 Å². The molecule has 1 aliphatic rings. The average Bonchev–Trinajstić information content (AvgIpc) is 3.23. The summed E-state index contributed by atoms with van der Waals surface area (Å²) in [6.45, 7) is 0. The maximum Gasteiger partial charge on any atom is 0.341 e. The Morgan fingerprint density at radius 3 is 2.35 bits per heavy atom. The molecule has 3 rings (SSSR count). The molecule has 1 aromatic heterocycles. The molecule has 102 valence electrons. The quantitative estimate of drug-likeness (QED) is 0.935. The van der Waals surface area contributed by atoms with E-state index < -0.39 is 17.3 Å². The first-order valence-corrected chi connectivity index (χ1v) is 6.33. The van der Waals surface area contributed by atoms with E-state index in [0.717, 1.165) is 18.5 Å². The zero-order chi connectivity index (χ0) is 14.3. The molecule has 0 bridgehead atoms. The highest BCUT2D eigenvalue weighted by Crippen LogP contribution is 2.40. The lowest BCUT2D eigenvalue weighted by atomic mass is 10.1. The van der Waals surface area contributed by atoms with E-state index in [0.29, 0.717) is 5.69 Å². The van der Waals surface area contributed by atoms with Gasteiger partial charge in [0.05, 0.1) is 0 Å². The Morgan fingerprint density at radius 1 is 1.15 bits per heavy atom. The molecule has 0 atom stereocenters. The Kier molecular flexibility index (Phi) is 2.89. The SMILES string of the molecule is O=C(O)c1ccc(C2CC2)n(-c2ccc(F)cc2)c1=O. The molecule has 0 unspecified atom stereocenters. The highest BCUT2D eigenvalue weighted by Gasteiger charge is 2.28. The molecule has 0 saturated heterocycles. The molecule has 1 heterocycles. The number of aromatic nitrogens is 1. The summed E-state index contributed by atoms with van der Waals surface area (Å²) in [7, 11) is 0. The summed E-state index contributed by atoms with van der Waals surface area (Å²) in [5.74, 6) is -1.38. The van der Waals surface area contributed by atoms with Crippen LogP contribution in [0.1, 0.15) is 34.8 Å². The van der Waals surface area contributed by atoms with Crippen LogP contribution in [-0.4, -0.2) is 15.6 Å². The third-order valence-corrected chi connectivity index (χ3v) is 3.42. The third-order valence-electron chi connectivity index (χ3n) is 3.42. The first kappa shape index (κ1) is 12.6. The molecule has 4 nitrogen and oxygen atoms in total. The summed E-state index contributed by atoms with van der Waals surface area (Å²) in [6.07, 6.45) is 1.96. The van der Waals surface area contributed by atoms with Crippen molar-refractivity contribution in [1.29, 1.82) is 0 Å². The van der Waals surface area contributed by atoms with Crippen LogP contribution in [0.4, 0.5) is 4.39 Å². The molecule has 5 heteroatoms. The van der Waals surface area contributed by atoms with Crippen molar-refractivity contribution < 1.29 is 14.3 Å². The summed E-state index contributed by atoms with van der Waals surface area (Å²) in [5, 5.41) is 9.05. The fourth-order valence-electron chi connectivity index (χ4n) is 2.27. The molecule has 1 saturated carbocycles. The molecule has 0 radical (unpaired) electrons. The Balaban J connectivity index is 2.25. The van der Waals surface area contributed by atoms with E-state index in [2.05, 4.69) is 0 Å². The van der Waals surface area contributed by atoms with E-state index in [1.165, 1.54) is 34.9 Å². The first-order valence-electron chi connectivity index (χ1n) is 6.33. The van der Waals surface area contributed by atoms with Crippen LogP contribution >= 0.6 is 0 Å². The standard InChI is InChI=1S/C15H12FNO3/c16-10-3-5-11(6-4-10)17-13(9-1-2-9)8-7-12(14(17)18)15(19)20/h3-9H,1-2H2,(H,19,20). The highest BCUT2D eigenvalue weighted by atomic mass is 19.1. The summed E-state index contributed by atoms with van der Waals surface area (Å²) in [5.41, 5.74) is 0.417. The van der Waals surface area contributed by atoms with E-state index in [-0.39, 0.29) is 11.5 Å². The molecule has 0 aliphatic heterocycles. The fraction of sp³-hybridized carbons (Fsp3) is 0.200. The number of carbonyl (C=O) groups is 1.